The SMILES string of the molecule is COc1ccc(NC(=O)[C@@H](C)Oc2ccccc2C)cc1. The van der Waals surface area contributed by atoms with Crippen molar-refractivity contribution in [1.29, 1.82) is 0 Å². The van der Waals surface area contributed by atoms with E-state index in [9.17, 15) is 4.79 Å². The number of hydrogen-bond donors (Lipinski definition) is 1. The fourth-order valence-electron chi connectivity index (χ4n) is 1.85. The van der Waals surface area contributed by atoms with Crippen LogP contribution in [0.4, 0.5) is 5.69 Å². The first-order valence-electron chi connectivity index (χ1n) is 6.77. The van der Waals surface area contributed by atoms with Gasteiger partial charge in [-0.1, -0.05) is 18.2 Å². The highest BCUT2D eigenvalue weighted by atomic mass is 16.5. The van der Waals surface area contributed by atoms with Crippen molar-refractivity contribution in [3.8, 4) is 11.5 Å². The molecule has 0 aliphatic heterocycles. The van der Waals surface area contributed by atoms with Gasteiger partial charge in [0.05, 0.1) is 7.11 Å². The molecule has 0 aliphatic rings. The van der Waals surface area contributed by atoms with Gasteiger partial charge in [-0.25, -0.2) is 0 Å². The predicted molar refractivity (Wildman–Crippen MR) is 82.9 cm³/mol. The highest BCUT2D eigenvalue weighted by molar-refractivity contribution is 5.94. The molecule has 0 saturated heterocycles. The van der Waals surface area contributed by atoms with Crippen LogP contribution in [0.25, 0.3) is 0 Å². The standard InChI is InChI=1S/C17H19NO3/c1-12-6-4-5-7-16(12)21-13(2)17(19)18-14-8-10-15(20-3)11-9-14/h4-11,13H,1-3H3,(H,18,19)/t13-/m1/s1. The monoisotopic (exact) mass is 285 g/mol. The van der Waals surface area contributed by atoms with Gasteiger partial charge in [0.1, 0.15) is 11.5 Å². The highest BCUT2D eigenvalue weighted by Crippen LogP contribution is 2.19. The molecule has 0 radical (unpaired) electrons. The third kappa shape index (κ3) is 3.99. The van der Waals surface area contributed by atoms with E-state index in [1.807, 2.05) is 31.2 Å². The van der Waals surface area contributed by atoms with E-state index in [0.29, 0.717) is 5.69 Å². The van der Waals surface area contributed by atoms with Crippen LogP contribution in [-0.4, -0.2) is 19.1 Å². The summed E-state index contributed by atoms with van der Waals surface area (Å²) in [6.45, 7) is 3.68. The van der Waals surface area contributed by atoms with Crippen molar-refractivity contribution in [1.82, 2.24) is 0 Å². The summed E-state index contributed by atoms with van der Waals surface area (Å²) >= 11 is 0. The zero-order valence-corrected chi connectivity index (χ0v) is 12.4. The molecule has 0 saturated carbocycles. The Kier molecular flexibility index (Phi) is 4.82. The van der Waals surface area contributed by atoms with Crippen molar-refractivity contribution < 1.29 is 14.3 Å². The van der Waals surface area contributed by atoms with Gasteiger partial charge >= 0.3 is 0 Å². The summed E-state index contributed by atoms with van der Waals surface area (Å²) in [6.07, 6.45) is -0.576. The van der Waals surface area contributed by atoms with E-state index < -0.39 is 6.10 Å². The summed E-state index contributed by atoms with van der Waals surface area (Å²) in [5, 5.41) is 2.81. The molecule has 0 heterocycles. The number of hydrogen-bond acceptors (Lipinski definition) is 3. The lowest BCUT2D eigenvalue weighted by Gasteiger charge is -2.16. The van der Waals surface area contributed by atoms with Gasteiger partial charge < -0.3 is 14.8 Å². The van der Waals surface area contributed by atoms with Crippen molar-refractivity contribution in [3.63, 3.8) is 0 Å². The number of nitrogens with one attached hydrogen (secondary N) is 1. The number of anilines is 1. The van der Waals surface area contributed by atoms with E-state index in [2.05, 4.69) is 5.32 Å². The van der Waals surface area contributed by atoms with Crippen LogP contribution in [0.3, 0.4) is 0 Å². The molecule has 110 valence electrons. The van der Waals surface area contributed by atoms with Crippen molar-refractivity contribution in [2.75, 3.05) is 12.4 Å². The predicted octanol–water partition coefficient (Wildman–Crippen LogP) is 3.41. The molecule has 4 heteroatoms. The zero-order chi connectivity index (χ0) is 15.2. The number of methoxy groups -OCH3 is 1. The van der Waals surface area contributed by atoms with Crippen LogP contribution in [0.5, 0.6) is 11.5 Å². The Hall–Kier alpha value is -2.49. The van der Waals surface area contributed by atoms with E-state index in [-0.39, 0.29) is 5.91 Å². The second kappa shape index (κ2) is 6.79. The number of carbonyl (C=O) groups is 1. The molecule has 2 rings (SSSR count). The normalized spacial score (nSPS) is 11.6. The Balaban J connectivity index is 1.97. The fourth-order valence-corrected chi connectivity index (χ4v) is 1.85. The molecule has 1 atom stereocenters. The number of aryl methyl sites for hydroxylation is 1. The van der Waals surface area contributed by atoms with Gasteiger partial charge in [-0.2, -0.15) is 0 Å². The fraction of sp³-hybridized carbons (Fsp3) is 0.235. The second-order valence-electron chi connectivity index (χ2n) is 4.74. The lowest BCUT2D eigenvalue weighted by Crippen LogP contribution is -2.30. The van der Waals surface area contributed by atoms with Crippen LogP contribution in [0.1, 0.15) is 12.5 Å². The maximum absolute atomic E-state index is 12.1. The van der Waals surface area contributed by atoms with Crippen molar-refractivity contribution in [3.05, 3.63) is 54.1 Å². The first-order chi connectivity index (χ1) is 10.1. The van der Waals surface area contributed by atoms with E-state index in [1.165, 1.54) is 0 Å². The zero-order valence-electron chi connectivity index (χ0n) is 12.4. The van der Waals surface area contributed by atoms with Crippen molar-refractivity contribution >= 4 is 11.6 Å². The third-order valence-corrected chi connectivity index (χ3v) is 3.12. The number of amides is 1. The average Bonchev–Trinajstić information content (AvgIpc) is 2.50. The van der Waals surface area contributed by atoms with Crippen LogP contribution < -0.4 is 14.8 Å². The number of ether oxygens (including phenoxy) is 2. The summed E-state index contributed by atoms with van der Waals surface area (Å²) in [4.78, 5) is 12.1. The summed E-state index contributed by atoms with van der Waals surface area (Å²) in [5.41, 5.74) is 1.71. The maximum atomic E-state index is 12.1. The minimum absolute atomic E-state index is 0.191. The highest BCUT2D eigenvalue weighted by Gasteiger charge is 2.15. The lowest BCUT2D eigenvalue weighted by atomic mass is 10.2. The number of para-hydroxylation sites is 1. The molecule has 0 aromatic heterocycles. The minimum Gasteiger partial charge on any atom is -0.497 e. The Bertz CT molecular complexity index is 608. The van der Waals surface area contributed by atoms with Gasteiger partial charge in [-0.15, -0.1) is 0 Å². The average molecular weight is 285 g/mol. The first kappa shape index (κ1) is 14.9. The van der Waals surface area contributed by atoms with E-state index in [1.54, 1.807) is 38.3 Å². The molecule has 1 amide bonds. The Morgan fingerprint density at radius 2 is 1.76 bits per heavy atom. The van der Waals surface area contributed by atoms with E-state index in [4.69, 9.17) is 9.47 Å². The minimum atomic E-state index is -0.576. The van der Waals surface area contributed by atoms with Gasteiger partial charge in [0, 0.05) is 5.69 Å². The maximum Gasteiger partial charge on any atom is 0.265 e. The second-order valence-corrected chi connectivity index (χ2v) is 4.74. The molecule has 1 N–H and O–H groups in total. The smallest absolute Gasteiger partial charge is 0.265 e. The van der Waals surface area contributed by atoms with Crippen LogP contribution in [0, 0.1) is 6.92 Å². The summed E-state index contributed by atoms with van der Waals surface area (Å²) < 4.78 is 10.8. The molecule has 0 spiro atoms. The van der Waals surface area contributed by atoms with E-state index >= 15 is 0 Å². The van der Waals surface area contributed by atoms with Gasteiger partial charge in [0.2, 0.25) is 0 Å². The van der Waals surface area contributed by atoms with Gasteiger partial charge in [0.25, 0.3) is 5.91 Å². The van der Waals surface area contributed by atoms with E-state index in [0.717, 1.165) is 17.1 Å². The quantitative estimate of drug-likeness (QED) is 0.915. The Morgan fingerprint density at radius 1 is 1.10 bits per heavy atom. The number of carbonyl (C=O) groups excluding carboxylic acids is 1. The largest absolute Gasteiger partial charge is 0.497 e. The van der Waals surface area contributed by atoms with Crippen LogP contribution in [0.15, 0.2) is 48.5 Å². The van der Waals surface area contributed by atoms with Crippen LogP contribution >= 0.6 is 0 Å². The molecule has 0 aliphatic carbocycles. The molecular weight excluding hydrogens is 266 g/mol. The molecule has 21 heavy (non-hydrogen) atoms. The topological polar surface area (TPSA) is 47.6 Å². The van der Waals surface area contributed by atoms with Crippen LogP contribution in [-0.2, 0) is 4.79 Å². The van der Waals surface area contributed by atoms with Gasteiger partial charge in [-0.05, 0) is 49.7 Å². The first-order valence-corrected chi connectivity index (χ1v) is 6.77. The third-order valence-electron chi connectivity index (χ3n) is 3.12. The molecule has 4 nitrogen and oxygen atoms in total. The van der Waals surface area contributed by atoms with Crippen molar-refractivity contribution in [2.45, 2.75) is 20.0 Å². The number of benzene rings is 2. The summed E-state index contributed by atoms with van der Waals surface area (Å²) in [5.74, 6) is 1.27. The molecule has 0 unspecified atom stereocenters. The summed E-state index contributed by atoms with van der Waals surface area (Å²) in [7, 11) is 1.60. The summed E-state index contributed by atoms with van der Waals surface area (Å²) in [6, 6.07) is 14.8. The molecule has 2 aromatic rings. The van der Waals surface area contributed by atoms with Crippen molar-refractivity contribution in [2.24, 2.45) is 0 Å². The van der Waals surface area contributed by atoms with Crippen LogP contribution in [0.2, 0.25) is 0 Å². The lowest BCUT2D eigenvalue weighted by molar-refractivity contribution is -0.122. The molecule has 0 fully saturated rings. The number of rotatable bonds is 5. The Morgan fingerprint density at radius 3 is 2.38 bits per heavy atom. The van der Waals surface area contributed by atoms with Gasteiger partial charge in [0.15, 0.2) is 6.10 Å². The van der Waals surface area contributed by atoms with Gasteiger partial charge in [-0.3, -0.25) is 4.79 Å². The molecular formula is C17H19NO3. The Labute approximate surface area is 124 Å². The molecule has 2 aromatic carbocycles. The molecule has 0 bridgehead atoms.